The lowest BCUT2D eigenvalue weighted by Gasteiger charge is -2.25. The van der Waals surface area contributed by atoms with E-state index < -0.39 is 0 Å². The molecule has 0 aromatic heterocycles. The van der Waals surface area contributed by atoms with E-state index in [0.29, 0.717) is 26.3 Å². The molecule has 0 saturated carbocycles. The number of hydrogen-bond donors (Lipinski definition) is 1. The molecule has 1 N–H and O–H groups in total. The Kier molecular flexibility index (Phi) is 6.57. The Balaban J connectivity index is 1.32. The number of halogens is 1. The van der Waals surface area contributed by atoms with E-state index in [2.05, 4.69) is 22.3 Å². The number of ether oxygens (including phenoxy) is 2. The van der Waals surface area contributed by atoms with E-state index in [1.807, 2.05) is 30.3 Å². The van der Waals surface area contributed by atoms with Crippen molar-refractivity contribution in [3.63, 3.8) is 0 Å². The SMILES string of the molecule is O=C(CN1CCCC1c1ccc2c(c1)OCCCO2)NCCc1cccc(Cl)c1. The summed E-state index contributed by atoms with van der Waals surface area (Å²) < 4.78 is 11.6. The van der Waals surface area contributed by atoms with Crippen LogP contribution in [-0.2, 0) is 11.2 Å². The Morgan fingerprint density at radius 3 is 2.83 bits per heavy atom. The maximum absolute atomic E-state index is 12.5. The van der Waals surface area contributed by atoms with Crippen molar-refractivity contribution in [1.29, 1.82) is 0 Å². The molecule has 1 amide bonds. The third-order valence-corrected chi connectivity index (χ3v) is 5.73. The van der Waals surface area contributed by atoms with Crippen molar-refractivity contribution in [3.8, 4) is 11.5 Å². The number of nitrogens with zero attached hydrogens (tertiary/aromatic N) is 1. The van der Waals surface area contributed by atoms with Gasteiger partial charge in [-0.3, -0.25) is 9.69 Å². The number of carbonyl (C=O) groups excluding carboxylic acids is 1. The summed E-state index contributed by atoms with van der Waals surface area (Å²) in [6, 6.07) is 14.2. The summed E-state index contributed by atoms with van der Waals surface area (Å²) in [7, 11) is 0. The molecule has 1 atom stereocenters. The molecule has 29 heavy (non-hydrogen) atoms. The lowest BCUT2D eigenvalue weighted by atomic mass is 10.0. The molecule has 154 valence electrons. The molecule has 1 saturated heterocycles. The molecule has 2 heterocycles. The van der Waals surface area contributed by atoms with Gasteiger partial charge in [-0.2, -0.15) is 0 Å². The highest BCUT2D eigenvalue weighted by molar-refractivity contribution is 6.30. The van der Waals surface area contributed by atoms with Gasteiger partial charge in [-0.1, -0.05) is 29.8 Å². The van der Waals surface area contributed by atoms with Gasteiger partial charge in [-0.15, -0.1) is 0 Å². The molecular weight excluding hydrogens is 388 g/mol. The van der Waals surface area contributed by atoms with Crippen LogP contribution >= 0.6 is 11.6 Å². The predicted molar refractivity (Wildman–Crippen MR) is 114 cm³/mol. The van der Waals surface area contributed by atoms with Crippen LogP contribution in [-0.4, -0.2) is 43.7 Å². The third-order valence-electron chi connectivity index (χ3n) is 5.49. The minimum atomic E-state index is 0.0632. The summed E-state index contributed by atoms with van der Waals surface area (Å²) in [5.74, 6) is 1.70. The first kappa shape index (κ1) is 20.0. The van der Waals surface area contributed by atoms with Crippen LogP contribution in [0.3, 0.4) is 0 Å². The number of fused-ring (bicyclic) bond motifs is 1. The second kappa shape index (κ2) is 9.51. The number of carbonyl (C=O) groups is 1. The molecule has 0 aliphatic carbocycles. The normalized spacial score (nSPS) is 19.0. The van der Waals surface area contributed by atoms with Gasteiger partial charge in [0.2, 0.25) is 5.91 Å². The maximum Gasteiger partial charge on any atom is 0.234 e. The molecule has 0 bridgehead atoms. The van der Waals surface area contributed by atoms with Crippen molar-refractivity contribution in [3.05, 3.63) is 58.6 Å². The van der Waals surface area contributed by atoms with Crippen LogP contribution in [0.1, 0.15) is 36.4 Å². The van der Waals surface area contributed by atoms with Crippen molar-refractivity contribution in [2.24, 2.45) is 0 Å². The zero-order chi connectivity index (χ0) is 20.1. The highest BCUT2D eigenvalue weighted by Crippen LogP contribution is 2.37. The molecule has 2 aromatic rings. The highest BCUT2D eigenvalue weighted by atomic mass is 35.5. The fourth-order valence-corrected chi connectivity index (χ4v) is 4.27. The molecule has 4 rings (SSSR count). The number of amides is 1. The van der Waals surface area contributed by atoms with E-state index in [1.165, 1.54) is 5.56 Å². The number of benzene rings is 2. The van der Waals surface area contributed by atoms with Gasteiger partial charge in [0, 0.05) is 24.0 Å². The average molecular weight is 415 g/mol. The summed E-state index contributed by atoms with van der Waals surface area (Å²) >= 11 is 6.02. The van der Waals surface area contributed by atoms with E-state index in [1.54, 1.807) is 0 Å². The Morgan fingerprint density at radius 1 is 1.10 bits per heavy atom. The molecule has 2 aromatic carbocycles. The van der Waals surface area contributed by atoms with Crippen LogP contribution in [0.2, 0.25) is 5.02 Å². The van der Waals surface area contributed by atoms with Gasteiger partial charge in [-0.25, -0.2) is 0 Å². The van der Waals surface area contributed by atoms with Gasteiger partial charge in [0.1, 0.15) is 0 Å². The smallest absolute Gasteiger partial charge is 0.234 e. The summed E-state index contributed by atoms with van der Waals surface area (Å²) in [4.78, 5) is 14.7. The minimum absolute atomic E-state index is 0.0632. The van der Waals surface area contributed by atoms with Crippen molar-refractivity contribution < 1.29 is 14.3 Å². The summed E-state index contributed by atoms with van der Waals surface area (Å²) in [6.45, 7) is 3.33. The van der Waals surface area contributed by atoms with Crippen molar-refractivity contribution in [1.82, 2.24) is 10.2 Å². The van der Waals surface area contributed by atoms with Crippen LogP contribution in [0.15, 0.2) is 42.5 Å². The Bertz CT molecular complexity index is 858. The van der Waals surface area contributed by atoms with Crippen molar-refractivity contribution in [2.75, 3.05) is 32.8 Å². The Labute approximate surface area is 176 Å². The van der Waals surface area contributed by atoms with E-state index in [0.717, 1.165) is 54.3 Å². The fraction of sp³-hybridized carbons (Fsp3) is 0.435. The lowest BCUT2D eigenvalue weighted by Crippen LogP contribution is -2.37. The van der Waals surface area contributed by atoms with E-state index in [9.17, 15) is 4.79 Å². The van der Waals surface area contributed by atoms with Crippen LogP contribution in [0.25, 0.3) is 0 Å². The number of hydrogen-bond acceptors (Lipinski definition) is 4. The number of nitrogens with one attached hydrogen (secondary N) is 1. The van der Waals surface area contributed by atoms with E-state index >= 15 is 0 Å². The Morgan fingerprint density at radius 2 is 1.97 bits per heavy atom. The molecule has 1 fully saturated rings. The average Bonchev–Trinajstić information content (AvgIpc) is 3.03. The van der Waals surface area contributed by atoms with Gasteiger partial charge in [0.25, 0.3) is 0 Å². The van der Waals surface area contributed by atoms with E-state index in [4.69, 9.17) is 21.1 Å². The van der Waals surface area contributed by atoms with Gasteiger partial charge in [-0.05, 0) is 61.2 Å². The predicted octanol–water partition coefficient (Wildman–Crippen LogP) is 4.00. The second-order valence-electron chi connectivity index (χ2n) is 7.62. The first-order valence-electron chi connectivity index (χ1n) is 10.3. The van der Waals surface area contributed by atoms with Crippen LogP contribution < -0.4 is 14.8 Å². The topological polar surface area (TPSA) is 50.8 Å². The maximum atomic E-state index is 12.5. The van der Waals surface area contributed by atoms with E-state index in [-0.39, 0.29) is 11.9 Å². The molecule has 5 nitrogen and oxygen atoms in total. The fourth-order valence-electron chi connectivity index (χ4n) is 4.06. The Hall–Kier alpha value is -2.24. The van der Waals surface area contributed by atoms with Crippen LogP contribution in [0, 0.1) is 0 Å². The summed E-state index contributed by atoms with van der Waals surface area (Å²) in [6.07, 6.45) is 3.82. The van der Waals surface area contributed by atoms with Gasteiger partial charge in [0.15, 0.2) is 11.5 Å². The molecule has 2 aliphatic rings. The molecule has 2 aliphatic heterocycles. The second-order valence-corrected chi connectivity index (χ2v) is 8.05. The lowest BCUT2D eigenvalue weighted by molar-refractivity contribution is -0.122. The van der Waals surface area contributed by atoms with Gasteiger partial charge < -0.3 is 14.8 Å². The standard InChI is InChI=1S/C23H27ClN2O3/c24-19-5-1-4-17(14-19)9-10-25-23(27)16-26-11-2-6-20(26)18-7-8-21-22(15-18)29-13-3-12-28-21/h1,4-5,7-8,14-15,20H,2-3,6,9-13,16H2,(H,25,27). The molecule has 1 unspecified atom stereocenters. The van der Waals surface area contributed by atoms with Gasteiger partial charge in [0.05, 0.1) is 19.8 Å². The summed E-state index contributed by atoms with van der Waals surface area (Å²) in [5, 5.41) is 3.77. The zero-order valence-electron chi connectivity index (χ0n) is 16.5. The number of rotatable bonds is 6. The summed E-state index contributed by atoms with van der Waals surface area (Å²) in [5.41, 5.74) is 2.32. The molecular formula is C23H27ClN2O3. The zero-order valence-corrected chi connectivity index (χ0v) is 17.3. The van der Waals surface area contributed by atoms with Gasteiger partial charge >= 0.3 is 0 Å². The molecule has 6 heteroatoms. The minimum Gasteiger partial charge on any atom is -0.490 e. The molecule has 0 spiro atoms. The third kappa shape index (κ3) is 5.22. The van der Waals surface area contributed by atoms with Crippen LogP contribution in [0.4, 0.5) is 0 Å². The van der Waals surface area contributed by atoms with Crippen molar-refractivity contribution >= 4 is 17.5 Å². The van der Waals surface area contributed by atoms with Crippen LogP contribution in [0.5, 0.6) is 11.5 Å². The monoisotopic (exact) mass is 414 g/mol. The molecule has 0 radical (unpaired) electrons. The highest BCUT2D eigenvalue weighted by Gasteiger charge is 2.28. The van der Waals surface area contributed by atoms with Crippen molar-refractivity contribution in [2.45, 2.75) is 31.7 Å². The first-order chi connectivity index (χ1) is 14.2. The largest absolute Gasteiger partial charge is 0.490 e. The first-order valence-corrected chi connectivity index (χ1v) is 10.7. The number of likely N-dealkylation sites (tertiary alicyclic amines) is 1. The quantitative estimate of drug-likeness (QED) is 0.776.